The number of rotatable bonds is 5. The molecule has 0 N–H and O–H groups in total. The summed E-state index contributed by atoms with van der Waals surface area (Å²) in [4.78, 5) is 34.0. The average Bonchev–Trinajstić information content (AvgIpc) is 3.22. The summed E-state index contributed by atoms with van der Waals surface area (Å²) < 4.78 is 0. The first-order valence-corrected chi connectivity index (χ1v) is 9.83. The monoisotopic (exact) mass is 380 g/mol. The summed E-state index contributed by atoms with van der Waals surface area (Å²) in [5, 5.41) is 2.97. The van der Waals surface area contributed by atoms with E-state index in [0.29, 0.717) is 25.9 Å². The van der Waals surface area contributed by atoms with E-state index in [0.717, 1.165) is 35.4 Å². The van der Waals surface area contributed by atoms with E-state index < -0.39 is 0 Å². The first kappa shape index (κ1) is 17.5. The molecule has 8 heteroatoms. The van der Waals surface area contributed by atoms with Gasteiger partial charge in [0.25, 0.3) is 0 Å². The number of aromatic nitrogens is 4. The molecule has 3 aromatic heterocycles. The molecule has 1 aliphatic rings. The van der Waals surface area contributed by atoms with Gasteiger partial charge in [-0.1, -0.05) is 6.07 Å². The second-order valence-electron chi connectivity index (χ2n) is 6.26. The smallest absolute Gasteiger partial charge is 0.225 e. The summed E-state index contributed by atoms with van der Waals surface area (Å²) in [6.45, 7) is 2.93. The van der Waals surface area contributed by atoms with Crippen molar-refractivity contribution in [3.8, 4) is 11.4 Å². The fourth-order valence-corrected chi connectivity index (χ4v) is 3.83. The molecule has 7 nitrogen and oxygen atoms in total. The predicted molar refractivity (Wildman–Crippen MR) is 104 cm³/mol. The quantitative estimate of drug-likeness (QED) is 0.676. The lowest BCUT2D eigenvalue weighted by Crippen LogP contribution is -2.49. The highest BCUT2D eigenvalue weighted by atomic mass is 32.1. The Morgan fingerprint density at radius 3 is 2.48 bits per heavy atom. The number of hydrogen-bond donors (Lipinski definition) is 0. The summed E-state index contributed by atoms with van der Waals surface area (Å²) in [5.74, 6) is 0.910. The zero-order chi connectivity index (χ0) is 18.5. The number of aryl methyl sites for hydroxylation is 1. The van der Waals surface area contributed by atoms with Gasteiger partial charge in [-0.25, -0.2) is 15.0 Å². The van der Waals surface area contributed by atoms with Gasteiger partial charge in [-0.15, -0.1) is 11.3 Å². The molecule has 4 rings (SSSR count). The third kappa shape index (κ3) is 4.28. The Bertz CT molecular complexity index is 877. The molecule has 27 heavy (non-hydrogen) atoms. The van der Waals surface area contributed by atoms with Gasteiger partial charge in [0, 0.05) is 63.0 Å². The summed E-state index contributed by atoms with van der Waals surface area (Å²) in [6, 6.07) is 7.59. The van der Waals surface area contributed by atoms with Crippen molar-refractivity contribution in [1.82, 2.24) is 24.8 Å². The topological polar surface area (TPSA) is 75.1 Å². The normalized spacial score (nSPS) is 14.4. The second kappa shape index (κ2) is 8.22. The van der Waals surface area contributed by atoms with Gasteiger partial charge in [-0.2, -0.15) is 0 Å². The molecule has 0 saturated carbocycles. The molecule has 0 atom stereocenters. The minimum Gasteiger partial charge on any atom is -0.339 e. The van der Waals surface area contributed by atoms with Crippen molar-refractivity contribution in [2.24, 2.45) is 0 Å². The first-order chi connectivity index (χ1) is 13.3. The van der Waals surface area contributed by atoms with E-state index in [1.54, 1.807) is 36.0 Å². The maximum Gasteiger partial charge on any atom is 0.225 e. The van der Waals surface area contributed by atoms with Crippen molar-refractivity contribution in [2.45, 2.75) is 12.8 Å². The third-order valence-electron chi connectivity index (χ3n) is 4.50. The van der Waals surface area contributed by atoms with Crippen LogP contribution in [0, 0.1) is 0 Å². The number of carbonyl (C=O) groups is 1. The van der Waals surface area contributed by atoms with Crippen LogP contribution in [0.15, 0.2) is 48.2 Å². The van der Waals surface area contributed by atoms with Crippen LogP contribution in [0.3, 0.4) is 0 Å². The highest BCUT2D eigenvalue weighted by molar-refractivity contribution is 7.09. The Morgan fingerprint density at radius 1 is 0.963 bits per heavy atom. The fraction of sp³-hybridized carbons (Fsp3) is 0.316. The minimum absolute atomic E-state index is 0.179. The van der Waals surface area contributed by atoms with Crippen LogP contribution in [0.1, 0.15) is 11.4 Å². The maximum atomic E-state index is 12.5. The number of hydrogen-bond acceptors (Lipinski definition) is 7. The SMILES string of the molecule is O=C(CCc1nc(-c2ccccn2)cs1)N1CCN(c2ncccn2)CC1. The van der Waals surface area contributed by atoms with Crippen molar-refractivity contribution >= 4 is 23.2 Å². The van der Waals surface area contributed by atoms with Crippen LogP contribution in [0.25, 0.3) is 11.4 Å². The Hall–Kier alpha value is -2.87. The second-order valence-corrected chi connectivity index (χ2v) is 7.20. The van der Waals surface area contributed by atoms with Crippen molar-refractivity contribution in [3.05, 3.63) is 53.2 Å². The third-order valence-corrected chi connectivity index (χ3v) is 5.41. The first-order valence-electron chi connectivity index (χ1n) is 8.95. The molecule has 1 saturated heterocycles. The Morgan fingerprint density at radius 2 is 1.74 bits per heavy atom. The van der Waals surface area contributed by atoms with Crippen molar-refractivity contribution in [3.63, 3.8) is 0 Å². The largest absolute Gasteiger partial charge is 0.339 e. The molecular formula is C19H20N6OS. The van der Waals surface area contributed by atoms with Crippen molar-refractivity contribution < 1.29 is 4.79 Å². The van der Waals surface area contributed by atoms with Crippen molar-refractivity contribution in [2.75, 3.05) is 31.1 Å². The number of nitrogens with zero attached hydrogens (tertiary/aromatic N) is 6. The van der Waals surface area contributed by atoms with Gasteiger partial charge in [-0.05, 0) is 18.2 Å². The van der Waals surface area contributed by atoms with E-state index in [9.17, 15) is 4.79 Å². The zero-order valence-electron chi connectivity index (χ0n) is 14.9. The van der Waals surface area contributed by atoms with Crippen LogP contribution in [0.4, 0.5) is 5.95 Å². The van der Waals surface area contributed by atoms with Gasteiger partial charge in [-0.3, -0.25) is 9.78 Å². The molecule has 0 bridgehead atoms. The van der Waals surface area contributed by atoms with Crippen LogP contribution < -0.4 is 4.90 Å². The minimum atomic E-state index is 0.179. The molecular weight excluding hydrogens is 360 g/mol. The van der Waals surface area contributed by atoms with Crippen LogP contribution in [0.2, 0.25) is 0 Å². The Labute approximate surface area is 161 Å². The summed E-state index contributed by atoms with van der Waals surface area (Å²) in [6.07, 6.45) is 6.40. The molecule has 0 aromatic carbocycles. The van der Waals surface area contributed by atoms with E-state index in [4.69, 9.17) is 0 Å². The van der Waals surface area contributed by atoms with E-state index in [1.165, 1.54) is 0 Å². The molecule has 0 unspecified atom stereocenters. The number of anilines is 1. The Balaban J connectivity index is 1.27. The highest BCUT2D eigenvalue weighted by Gasteiger charge is 2.22. The van der Waals surface area contributed by atoms with Crippen LogP contribution in [-0.4, -0.2) is 56.9 Å². The molecule has 0 radical (unpaired) electrons. The van der Waals surface area contributed by atoms with E-state index in [1.807, 2.05) is 28.5 Å². The van der Waals surface area contributed by atoms with Crippen LogP contribution in [0.5, 0.6) is 0 Å². The molecule has 1 aliphatic heterocycles. The lowest BCUT2D eigenvalue weighted by Gasteiger charge is -2.34. The molecule has 1 amide bonds. The maximum absolute atomic E-state index is 12.5. The highest BCUT2D eigenvalue weighted by Crippen LogP contribution is 2.21. The summed E-state index contributed by atoms with van der Waals surface area (Å²) >= 11 is 1.58. The molecule has 0 aliphatic carbocycles. The van der Waals surface area contributed by atoms with E-state index in [2.05, 4.69) is 24.8 Å². The average molecular weight is 380 g/mol. The van der Waals surface area contributed by atoms with Crippen LogP contribution in [-0.2, 0) is 11.2 Å². The van der Waals surface area contributed by atoms with Gasteiger partial charge < -0.3 is 9.80 Å². The van der Waals surface area contributed by atoms with Gasteiger partial charge in [0.2, 0.25) is 11.9 Å². The zero-order valence-corrected chi connectivity index (χ0v) is 15.7. The fourth-order valence-electron chi connectivity index (χ4n) is 3.04. The molecule has 1 fully saturated rings. The van der Waals surface area contributed by atoms with Gasteiger partial charge >= 0.3 is 0 Å². The predicted octanol–water partition coefficient (Wildman–Crippen LogP) is 2.28. The lowest BCUT2D eigenvalue weighted by atomic mass is 10.2. The number of piperazine rings is 1. The molecule has 4 heterocycles. The Kier molecular flexibility index (Phi) is 5.34. The molecule has 3 aromatic rings. The molecule has 0 spiro atoms. The van der Waals surface area contributed by atoms with Gasteiger partial charge in [0.15, 0.2) is 0 Å². The van der Waals surface area contributed by atoms with E-state index >= 15 is 0 Å². The summed E-state index contributed by atoms with van der Waals surface area (Å²) in [7, 11) is 0. The van der Waals surface area contributed by atoms with E-state index in [-0.39, 0.29) is 5.91 Å². The number of amides is 1. The standard InChI is InChI=1S/C19H20N6OS/c26-18(24-10-12-25(13-11-24)19-21-8-3-9-22-19)6-5-17-23-16(14-27-17)15-4-1-2-7-20-15/h1-4,7-9,14H,5-6,10-13H2. The van der Waals surface area contributed by atoms with Gasteiger partial charge in [0.05, 0.1) is 16.4 Å². The summed E-state index contributed by atoms with van der Waals surface area (Å²) in [5.41, 5.74) is 1.74. The van der Waals surface area contributed by atoms with Crippen LogP contribution >= 0.6 is 11.3 Å². The van der Waals surface area contributed by atoms with Crippen molar-refractivity contribution in [1.29, 1.82) is 0 Å². The van der Waals surface area contributed by atoms with Gasteiger partial charge in [0.1, 0.15) is 0 Å². The number of carbonyl (C=O) groups excluding carboxylic acids is 1. The number of pyridine rings is 1. The lowest BCUT2D eigenvalue weighted by molar-refractivity contribution is -0.131. The number of thiazole rings is 1. The molecule has 138 valence electrons.